The van der Waals surface area contributed by atoms with Crippen LogP contribution in [0.1, 0.15) is 45.1 Å². The van der Waals surface area contributed by atoms with E-state index in [1.807, 2.05) is 0 Å². The highest BCUT2D eigenvalue weighted by molar-refractivity contribution is 7.81. The van der Waals surface area contributed by atoms with Gasteiger partial charge >= 0.3 is 16.6 Å². The molecule has 0 bridgehead atoms. The fraction of sp³-hybridized carbons (Fsp3) is 0.474. The molecule has 0 fully saturated rings. The van der Waals surface area contributed by atoms with Gasteiger partial charge in [0.15, 0.2) is 11.5 Å². The molecule has 162 valence electrons. The summed E-state index contributed by atoms with van der Waals surface area (Å²) >= 11 is 0. The monoisotopic (exact) mass is 429 g/mol. The summed E-state index contributed by atoms with van der Waals surface area (Å²) in [6.45, 7) is 4.48. The highest BCUT2D eigenvalue weighted by Crippen LogP contribution is 2.28. The fourth-order valence-electron chi connectivity index (χ4n) is 2.30. The van der Waals surface area contributed by atoms with Gasteiger partial charge in [0.05, 0.1) is 7.11 Å². The average molecular weight is 429 g/mol. The molecule has 1 amide bonds. The quantitative estimate of drug-likeness (QED) is 0.180. The minimum absolute atomic E-state index is 0.0751. The average Bonchev–Trinajstić information content (AvgIpc) is 2.61. The summed E-state index contributed by atoms with van der Waals surface area (Å²) in [4.78, 5) is 23.2. The van der Waals surface area contributed by atoms with Gasteiger partial charge in [-0.3, -0.25) is 13.5 Å². The SMILES string of the molecule is COc1cc(CNC(=O)CCCC/C=C/C(C)C)ccc1OC(=O)OS(=O)(=O)O. The lowest BCUT2D eigenvalue weighted by molar-refractivity contribution is -0.121. The molecule has 0 aliphatic heterocycles. The van der Waals surface area contributed by atoms with E-state index in [9.17, 15) is 18.0 Å². The maximum atomic E-state index is 11.9. The summed E-state index contributed by atoms with van der Waals surface area (Å²) in [6.07, 6.45) is 5.75. The maximum Gasteiger partial charge on any atom is 0.531 e. The van der Waals surface area contributed by atoms with Gasteiger partial charge in [-0.1, -0.05) is 32.1 Å². The Morgan fingerprint density at radius 1 is 1.21 bits per heavy atom. The predicted octanol–water partition coefficient (Wildman–Crippen LogP) is 3.40. The second-order valence-corrected chi connectivity index (χ2v) is 7.57. The highest BCUT2D eigenvalue weighted by atomic mass is 32.3. The van der Waals surface area contributed by atoms with E-state index in [-0.39, 0.29) is 24.0 Å². The van der Waals surface area contributed by atoms with Crippen molar-refractivity contribution in [2.45, 2.75) is 46.1 Å². The lowest BCUT2D eigenvalue weighted by atomic mass is 10.1. The van der Waals surface area contributed by atoms with Gasteiger partial charge < -0.3 is 14.8 Å². The van der Waals surface area contributed by atoms with Gasteiger partial charge in [0.1, 0.15) is 0 Å². The molecule has 0 aromatic heterocycles. The molecule has 0 spiro atoms. The largest absolute Gasteiger partial charge is 0.531 e. The third-order valence-electron chi connectivity index (χ3n) is 3.63. The number of methoxy groups -OCH3 is 1. The molecule has 1 rings (SSSR count). The molecule has 0 unspecified atom stereocenters. The van der Waals surface area contributed by atoms with Crippen molar-refractivity contribution in [2.75, 3.05) is 7.11 Å². The number of allylic oxidation sites excluding steroid dienone is 2. The summed E-state index contributed by atoms with van der Waals surface area (Å²) in [5.74, 6) is 0.473. The van der Waals surface area contributed by atoms with Crippen molar-refractivity contribution in [3.63, 3.8) is 0 Å². The first-order valence-corrected chi connectivity index (χ1v) is 10.5. The topological polar surface area (TPSA) is 128 Å². The Morgan fingerprint density at radius 2 is 1.93 bits per heavy atom. The van der Waals surface area contributed by atoms with Crippen LogP contribution in [0.3, 0.4) is 0 Å². The molecule has 0 aliphatic rings. The molecular formula is C19H27NO8S. The van der Waals surface area contributed by atoms with Crippen LogP contribution in [0, 0.1) is 5.92 Å². The Hall–Kier alpha value is -2.59. The summed E-state index contributed by atoms with van der Waals surface area (Å²) < 4.78 is 42.9. The van der Waals surface area contributed by atoms with Crippen LogP contribution in [0.15, 0.2) is 30.4 Å². The van der Waals surface area contributed by atoms with Crippen molar-refractivity contribution in [1.29, 1.82) is 0 Å². The van der Waals surface area contributed by atoms with E-state index in [0.29, 0.717) is 17.9 Å². The summed E-state index contributed by atoms with van der Waals surface area (Å²) in [5.41, 5.74) is 0.686. The fourth-order valence-corrected chi connectivity index (χ4v) is 2.51. The van der Waals surface area contributed by atoms with E-state index >= 15 is 0 Å². The van der Waals surface area contributed by atoms with Crippen LogP contribution in [-0.4, -0.2) is 32.1 Å². The number of rotatable bonds is 11. The molecule has 29 heavy (non-hydrogen) atoms. The van der Waals surface area contributed by atoms with Gasteiger partial charge in [-0.15, -0.1) is 0 Å². The Balaban J connectivity index is 2.48. The maximum absolute atomic E-state index is 11.9. The van der Waals surface area contributed by atoms with Crippen molar-refractivity contribution < 1.29 is 36.2 Å². The molecule has 2 N–H and O–H groups in total. The second kappa shape index (κ2) is 12.1. The normalized spacial score (nSPS) is 11.5. The molecule has 0 aliphatic carbocycles. The van der Waals surface area contributed by atoms with Crippen LogP contribution < -0.4 is 14.8 Å². The highest BCUT2D eigenvalue weighted by Gasteiger charge is 2.18. The summed E-state index contributed by atoms with van der Waals surface area (Å²) in [7, 11) is -3.65. The van der Waals surface area contributed by atoms with Gasteiger partial charge in [-0.2, -0.15) is 8.42 Å². The molecule has 10 heteroatoms. The summed E-state index contributed by atoms with van der Waals surface area (Å²) in [5, 5.41) is 2.79. The number of hydrogen-bond donors (Lipinski definition) is 2. The van der Waals surface area contributed by atoms with Crippen LogP contribution in [0.25, 0.3) is 0 Å². The number of carbonyl (C=O) groups is 2. The lowest BCUT2D eigenvalue weighted by Gasteiger charge is -2.11. The molecule has 0 saturated heterocycles. The van der Waals surface area contributed by atoms with Crippen molar-refractivity contribution in [3.8, 4) is 11.5 Å². The van der Waals surface area contributed by atoms with Gasteiger partial charge in [0, 0.05) is 13.0 Å². The molecular weight excluding hydrogens is 402 g/mol. The zero-order valence-electron chi connectivity index (χ0n) is 16.7. The van der Waals surface area contributed by atoms with Crippen LogP contribution in [0.5, 0.6) is 11.5 Å². The molecule has 0 heterocycles. The zero-order chi connectivity index (χ0) is 21.9. The predicted molar refractivity (Wildman–Crippen MR) is 106 cm³/mol. The minimum Gasteiger partial charge on any atom is -0.493 e. The molecule has 1 aromatic carbocycles. The van der Waals surface area contributed by atoms with Crippen LogP contribution in [0.4, 0.5) is 4.79 Å². The Morgan fingerprint density at radius 3 is 2.55 bits per heavy atom. The van der Waals surface area contributed by atoms with E-state index in [2.05, 4.69) is 40.2 Å². The molecule has 9 nitrogen and oxygen atoms in total. The standard InChI is InChI=1S/C19H27NO8S/c1-14(2)8-6-4-5-7-9-18(21)20-13-15-10-11-16(17(12-15)26-3)27-19(22)28-29(23,24)25/h6,8,10-12,14H,4-5,7,9,13H2,1-3H3,(H,20,21)(H,23,24,25)/b8-6+. The molecule has 1 aromatic rings. The number of nitrogens with one attached hydrogen (secondary N) is 1. The van der Waals surface area contributed by atoms with Crippen LogP contribution in [0.2, 0.25) is 0 Å². The van der Waals surface area contributed by atoms with Crippen molar-refractivity contribution >= 4 is 22.5 Å². The number of amides is 1. The first-order chi connectivity index (χ1) is 13.6. The Kier molecular flexibility index (Phi) is 10.2. The first-order valence-electron chi connectivity index (χ1n) is 9.09. The minimum atomic E-state index is -4.97. The number of hydrogen-bond acceptors (Lipinski definition) is 7. The number of carbonyl (C=O) groups excluding carboxylic acids is 2. The van der Waals surface area contributed by atoms with Crippen molar-refractivity contribution in [1.82, 2.24) is 5.32 Å². The van der Waals surface area contributed by atoms with E-state index in [1.165, 1.54) is 19.2 Å². The van der Waals surface area contributed by atoms with Gasteiger partial charge in [0.2, 0.25) is 5.91 Å². The van der Waals surface area contributed by atoms with E-state index in [1.54, 1.807) is 6.07 Å². The van der Waals surface area contributed by atoms with E-state index in [4.69, 9.17) is 9.29 Å². The second-order valence-electron chi connectivity index (χ2n) is 6.54. The van der Waals surface area contributed by atoms with Crippen molar-refractivity contribution in [3.05, 3.63) is 35.9 Å². The lowest BCUT2D eigenvalue weighted by Crippen LogP contribution is -2.22. The third kappa shape index (κ3) is 11.1. The van der Waals surface area contributed by atoms with E-state index < -0.39 is 16.6 Å². The number of benzene rings is 1. The van der Waals surface area contributed by atoms with Crippen LogP contribution >= 0.6 is 0 Å². The number of ether oxygens (including phenoxy) is 2. The molecule has 0 radical (unpaired) electrons. The van der Waals surface area contributed by atoms with Gasteiger partial charge in [-0.05, 0) is 42.9 Å². The Labute approximate surface area is 171 Å². The van der Waals surface area contributed by atoms with Gasteiger partial charge in [0.25, 0.3) is 0 Å². The number of unbranched alkanes of at least 4 members (excludes halogenated alkanes) is 2. The summed E-state index contributed by atoms with van der Waals surface area (Å²) in [6, 6.07) is 4.44. The Bertz CT molecular complexity index is 817. The third-order valence-corrected chi connectivity index (χ3v) is 3.98. The smallest absolute Gasteiger partial charge is 0.493 e. The van der Waals surface area contributed by atoms with Gasteiger partial charge in [-0.25, -0.2) is 4.79 Å². The molecule has 0 atom stereocenters. The van der Waals surface area contributed by atoms with Crippen LogP contribution in [-0.2, 0) is 25.9 Å². The molecule has 0 saturated carbocycles. The first kappa shape index (κ1) is 24.4. The van der Waals surface area contributed by atoms with E-state index in [0.717, 1.165) is 19.3 Å². The zero-order valence-corrected chi connectivity index (χ0v) is 17.5. The van der Waals surface area contributed by atoms with Crippen molar-refractivity contribution in [2.24, 2.45) is 5.92 Å².